The first kappa shape index (κ1) is 18.0. The standard InChI is InChI=1S/C16H20Cl2N2O3/c1-23-9-6-15(21)19-12-4-7-20(8-5-12)16(22)11-2-3-13(17)14(18)10-11/h2-3,10,12H,4-9H2,1H3,(H,19,21). The van der Waals surface area contributed by atoms with Gasteiger partial charge >= 0.3 is 0 Å². The highest BCUT2D eigenvalue weighted by atomic mass is 35.5. The van der Waals surface area contributed by atoms with Crippen LogP contribution in [0.1, 0.15) is 29.6 Å². The molecule has 0 aliphatic carbocycles. The highest BCUT2D eigenvalue weighted by Crippen LogP contribution is 2.24. The van der Waals surface area contributed by atoms with Gasteiger partial charge in [-0.05, 0) is 31.0 Å². The SMILES string of the molecule is COCCC(=O)NC1CCN(C(=O)c2ccc(Cl)c(Cl)c2)CC1. The van der Waals surface area contributed by atoms with Crippen molar-refractivity contribution >= 4 is 35.0 Å². The third kappa shape index (κ3) is 5.09. The Bertz CT molecular complexity index is 572. The number of nitrogens with one attached hydrogen (secondary N) is 1. The van der Waals surface area contributed by atoms with Crippen LogP contribution in [0.15, 0.2) is 18.2 Å². The summed E-state index contributed by atoms with van der Waals surface area (Å²) in [6, 6.07) is 5.00. The van der Waals surface area contributed by atoms with E-state index in [9.17, 15) is 9.59 Å². The first-order valence-corrected chi connectivity index (χ1v) is 8.29. The molecule has 0 atom stereocenters. The van der Waals surface area contributed by atoms with Crippen molar-refractivity contribution in [3.63, 3.8) is 0 Å². The molecule has 0 saturated carbocycles. The summed E-state index contributed by atoms with van der Waals surface area (Å²) in [4.78, 5) is 25.9. The highest BCUT2D eigenvalue weighted by Gasteiger charge is 2.24. The van der Waals surface area contributed by atoms with Crippen molar-refractivity contribution in [2.75, 3.05) is 26.8 Å². The van der Waals surface area contributed by atoms with Crippen LogP contribution >= 0.6 is 23.2 Å². The van der Waals surface area contributed by atoms with Crippen molar-refractivity contribution in [2.24, 2.45) is 0 Å². The molecule has 1 heterocycles. The highest BCUT2D eigenvalue weighted by molar-refractivity contribution is 6.42. The number of hydrogen-bond donors (Lipinski definition) is 1. The van der Waals surface area contributed by atoms with Crippen molar-refractivity contribution in [1.29, 1.82) is 0 Å². The number of hydrogen-bond acceptors (Lipinski definition) is 3. The average molecular weight is 359 g/mol. The second-order valence-corrected chi connectivity index (χ2v) is 6.32. The number of rotatable bonds is 5. The molecule has 0 bridgehead atoms. The Kier molecular flexibility index (Phi) is 6.69. The van der Waals surface area contributed by atoms with E-state index in [4.69, 9.17) is 27.9 Å². The van der Waals surface area contributed by atoms with Crippen LogP contribution in [0, 0.1) is 0 Å². The van der Waals surface area contributed by atoms with Crippen molar-refractivity contribution in [3.8, 4) is 0 Å². The van der Waals surface area contributed by atoms with Crippen LogP contribution in [0.25, 0.3) is 0 Å². The zero-order chi connectivity index (χ0) is 16.8. The van der Waals surface area contributed by atoms with Gasteiger partial charge in [-0.15, -0.1) is 0 Å². The Morgan fingerprint density at radius 1 is 1.26 bits per heavy atom. The molecule has 0 aromatic heterocycles. The molecular formula is C16H20Cl2N2O3. The maximum absolute atomic E-state index is 12.5. The number of carbonyl (C=O) groups is 2. The zero-order valence-corrected chi connectivity index (χ0v) is 14.5. The van der Waals surface area contributed by atoms with E-state index < -0.39 is 0 Å². The topological polar surface area (TPSA) is 58.6 Å². The van der Waals surface area contributed by atoms with E-state index in [1.165, 1.54) is 0 Å². The lowest BCUT2D eigenvalue weighted by molar-refractivity contribution is -0.122. The molecule has 7 heteroatoms. The van der Waals surface area contributed by atoms with E-state index in [-0.39, 0.29) is 17.9 Å². The predicted molar refractivity (Wildman–Crippen MR) is 90.0 cm³/mol. The lowest BCUT2D eigenvalue weighted by Crippen LogP contribution is -2.46. The molecule has 1 fully saturated rings. The van der Waals surface area contributed by atoms with Gasteiger partial charge in [-0.2, -0.15) is 0 Å². The van der Waals surface area contributed by atoms with E-state index >= 15 is 0 Å². The summed E-state index contributed by atoms with van der Waals surface area (Å²) in [5, 5.41) is 3.78. The molecule has 1 aliphatic rings. The minimum Gasteiger partial charge on any atom is -0.384 e. The molecule has 23 heavy (non-hydrogen) atoms. The molecule has 2 amide bonds. The number of ether oxygens (including phenoxy) is 1. The molecule has 1 aliphatic heterocycles. The molecule has 0 spiro atoms. The van der Waals surface area contributed by atoms with Gasteiger partial charge in [0, 0.05) is 38.2 Å². The molecule has 0 unspecified atom stereocenters. The van der Waals surface area contributed by atoms with Crippen molar-refractivity contribution in [3.05, 3.63) is 33.8 Å². The lowest BCUT2D eigenvalue weighted by Gasteiger charge is -2.32. The number of halogens is 2. The van der Waals surface area contributed by atoms with Gasteiger partial charge in [0.1, 0.15) is 0 Å². The van der Waals surface area contributed by atoms with Crippen LogP contribution < -0.4 is 5.32 Å². The minimum absolute atomic E-state index is 0.0129. The maximum Gasteiger partial charge on any atom is 0.253 e. The summed E-state index contributed by atoms with van der Waals surface area (Å²) >= 11 is 11.8. The smallest absolute Gasteiger partial charge is 0.253 e. The van der Waals surface area contributed by atoms with E-state index in [2.05, 4.69) is 5.32 Å². The molecule has 1 saturated heterocycles. The molecule has 5 nitrogen and oxygen atoms in total. The van der Waals surface area contributed by atoms with Gasteiger partial charge in [-0.1, -0.05) is 23.2 Å². The molecule has 126 valence electrons. The summed E-state index contributed by atoms with van der Waals surface area (Å²) in [7, 11) is 1.57. The number of methoxy groups -OCH3 is 1. The van der Waals surface area contributed by atoms with Crippen molar-refractivity contribution in [1.82, 2.24) is 10.2 Å². The number of nitrogens with zero attached hydrogens (tertiary/aromatic N) is 1. The lowest BCUT2D eigenvalue weighted by atomic mass is 10.0. The Morgan fingerprint density at radius 3 is 2.57 bits per heavy atom. The minimum atomic E-state index is -0.0623. The van der Waals surface area contributed by atoms with Crippen LogP contribution in [0.4, 0.5) is 0 Å². The normalized spacial score (nSPS) is 15.5. The third-order valence-corrected chi connectivity index (χ3v) is 4.59. The first-order chi connectivity index (χ1) is 11.0. The van der Waals surface area contributed by atoms with Crippen molar-refractivity contribution < 1.29 is 14.3 Å². The zero-order valence-electron chi connectivity index (χ0n) is 13.0. The summed E-state index contributed by atoms with van der Waals surface area (Å²) in [5.74, 6) is -0.0752. The maximum atomic E-state index is 12.5. The summed E-state index contributed by atoms with van der Waals surface area (Å²) in [6.07, 6.45) is 1.84. The van der Waals surface area contributed by atoms with Gasteiger partial charge in [-0.25, -0.2) is 0 Å². The molecule has 0 radical (unpaired) electrons. The number of likely N-dealkylation sites (tertiary alicyclic amines) is 1. The van der Waals surface area contributed by atoms with Crippen LogP contribution in [-0.4, -0.2) is 49.6 Å². The third-order valence-electron chi connectivity index (χ3n) is 3.85. The second kappa shape index (κ2) is 8.52. The molecule has 2 rings (SSSR count). The Hall–Kier alpha value is -1.30. The molecular weight excluding hydrogens is 339 g/mol. The van der Waals surface area contributed by atoms with Crippen LogP contribution in [0.5, 0.6) is 0 Å². The summed E-state index contributed by atoms with van der Waals surface area (Å²) in [5.41, 5.74) is 0.530. The van der Waals surface area contributed by atoms with Gasteiger partial charge < -0.3 is 15.0 Å². The predicted octanol–water partition coefficient (Wildman–Crippen LogP) is 2.75. The number of benzene rings is 1. The van der Waals surface area contributed by atoms with E-state index in [1.807, 2.05) is 0 Å². The van der Waals surface area contributed by atoms with Crippen LogP contribution in [0.3, 0.4) is 0 Å². The van der Waals surface area contributed by atoms with Gasteiger partial charge in [0.15, 0.2) is 0 Å². The Labute approximate surface area is 145 Å². The van der Waals surface area contributed by atoms with Gasteiger partial charge in [0.25, 0.3) is 5.91 Å². The van der Waals surface area contributed by atoms with E-state index in [1.54, 1.807) is 30.2 Å². The quantitative estimate of drug-likeness (QED) is 0.880. The molecule has 1 N–H and O–H groups in total. The van der Waals surface area contributed by atoms with Gasteiger partial charge in [0.2, 0.25) is 5.91 Å². The number of carbonyl (C=O) groups excluding carboxylic acids is 2. The van der Waals surface area contributed by atoms with Gasteiger partial charge in [-0.3, -0.25) is 9.59 Å². The van der Waals surface area contributed by atoms with Gasteiger partial charge in [0.05, 0.1) is 16.7 Å². The van der Waals surface area contributed by atoms with E-state index in [0.29, 0.717) is 41.7 Å². The Balaban J connectivity index is 1.85. The summed E-state index contributed by atoms with van der Waals surface area (Å²) < 4.78 is 4.88. The van der Waals surface area contributed by atoms with E-state index in [0.717, 1.165) is 12.8 Å². The fraction of sp³-hybridized carbons (Fsp3) is 0.500. The monoisotopic (exact) mass is 358 g/mol. The van der Waals surface area contributed by atoms with Crippen molar-refractivity contribution in [2.45, 2.75) is 25.3 Å². The fourth-order valence-electron chi connectivity index (χ4n) is 2.53. The first-order valence-electron chi connectivity index (χ1n) is 7.54. The Morgan fingerprint density at radius 2 is 1.96 bits per heavy atom. The van der Waals surface area contributed by atoms with Crippen LogP contribution in [-0.2, 0) is 9.53 Å². The largest absolute Gasteiger partial charge is 0.384 e. The van der Waals surface area contributed by atoms with Crippen LogP contribution in [0.2, 0.25) is 10.0 Å². The summed E-state index contributed by atoms with van der Waals surface area (Å²) in [6.45, 7) is 1.63. The molecule has 1 aromatic rings. The molecule has 1 aromatic carbocycles. The average Bonchev–Trinajstić information content (AvgIpc) is 2.55. The second-order valence-electron chi connectivity index (χ2n) is 5.51. The number of piperidine rings is 1. The number of amides is 2. The fourth-order valence-corrected chi connectivity index (χ4v) is 2.83.